The molecule has 10 heteroatoms. The van der Waals surface area contributed by atoms with Gasteiger partial charge in [-0.05, 0) is 43.2 Å². The Morgan fingerprint density at radius 3 is 2.45 bits per heavy atom. The van der Waals surface area contributed by atoms with Crippen LogP contribution >= 0.6 is 11.6 Å². The second kappa shape index (κ2) is 8.33. The number of anilines is 1. The van der Waals surface area contributed by atoms with Gasteiger partial charge in [0.15, 0.2) is 5.78 Å². The van der Waals surface area contributed by atoms with Gasteiger partial charge < -0.3 is 5.32 Å². The van der Waals surface area contributed by atoms with Crippen LogP contribution in [0.25, 0.3) is 0 Å². The monoisotopic (exact) mass is 446 g/mol. The lowest BCUT2D eigenvalue weighted by molar-refractivity contribution is -0.137. The summed E-state index contributed by atoms with van der Waals surface area (Å²) in [5.74, 6) is -0.475. The number of nitrogens with zero attached hydrogens (tertiary/aromatic N) is 1. The van der Waals surface area contributed by atoms with Gasteiger partial charge in [-0.3, -0.25) is 4.79 Å². The zero-order valence-corrected chi connectivity index (χ0v) is 16.7. The molecule has 1 aliphatic rings. The number of benzene rings is 2. The molecule has 0 aromatic heterocycles. The second-order valence-corrected chi connectivity index (χ2v) is 8.95. The Labute approximate surface area is 171 Å². The molecule has 156 valence electrons. The van der Waals surface area contributed by atoms with Gasteiger partial charge in [-0.25, -0.2) is 8.42 Å². The number of Topliss-reactive ketones (excluding diaryl/α,β-unsaturated/α-hetero) is 1. The summed E-state index contributed by atoms with van der Waals surface area (Å²) < 4.78 is 65.2. The maximum atomic E-state index is 12.8. The van der Waals surface area contributed by atoms with E-state index in [2.05, 4.69) is 5.32 Å². The molecule has 0 bridgehead atoms. The van der Waals surface area contributed by atoms with E-state index in [0.717, 1.165) is 31.0 Å². The molecule has 1 heterocycles. The molecule has 0 saturated carbocycles. The summed E-state index contributed by atoms with van der Waals surface area (Å²) in [6.45, 7) is 0.542. The Morgan fingerprint density at radius 1 is 1.10 bits per heavy atom. The van der Waals surface area contributed by atoms with Crippen LogP contribution in [0.15, 0.2) is 47.4 Å². The summed E-state index contributed by atoms with van der Waals surface area (Å²) in [5.41, 5.74) is -0.785. The molecule has 1 saturated heterocycles. The summed E-state index contributed by atoms with van der Waals surface area (Å²) in [5, 5.41) is 2.63. The molecule has 3 rings (SSSR count). The summed E-state index contributed by atoms with van der Waals surface area (Å²) in [6.07, 6.45) is -2.96. The Bertz CT molecular complexity index is 1020. The fourth-order valence-electron chi connectivity index (χ4n) is 3.02. The first-order valence-corrected chi connectivity index (χ1v) is 10.6. The minimum Gasteiger partial charge on any atom is -0.376 e. The molecule has 0 radical (unpaired) electrons. The van der Waals surface area contributed by atoms with Gasteiger partial charge in [0.05, 0.1) is 27.7 Å². The largest absolute Gasteiger partial charge is 0.416 e. The summed E-state index contributed by atoms with van der Waals surface area (Å²) in [6, 6.07) is 8.40. The van der Waals surface area contributed by atoms with Crippen molar-refractivity contribution >= 4 is 33.1 Å². The van der Waals surface area contributed by atoms with Crippen LogP contribution in [-0.2, 0) is 16.2 Å². The van der Waals surface area contributed by atoms with E-state index in [1.54, 1.807) is 0 Å². The van der Waals surface area contributed by atoms with Crippen molar-refractivity contribution in [3.63, 3.8) is 0 Å². The van der Waals surface area contributed by atoms with Gasteiger partial charge in [0.2, 0.25) is 10.0 Å². The van der Waals surface area contributed by atoms with Crippen molar-refractivity contribution in [2.24, 2.45) is 0 Å². The third kappa shape index (κ3) is 4.91. The number of halogens is 4. The van der Waals surface area contributed by atoms with E-state index < -0.39 is 27.5 Å². The van der Waals surface area contributed by atoms with E-state index in [0.29, 0.717) is 13.1 Å². The quantitative estimate of drug-likeness (QED) is 0.666. The predicted octanol–water partition coefficient (Wildman–Crippen LogP) is 4.44. The Hall–Kier alpha value is -2.10. The third-order valence-electron chi connectivity index (χ3n) is 4.59. The van der Waals surface area contributed by atoms with Gasteiger partial charge in [-0.1, -0.05) is 23.7 Å². The highest BCUT2D eigenvalue weighted by Crippen LogP contribution is 2.33. The van der Waals surface area contributed by atoms with Crippen molar-refractivity contribution < 1.29 is 26.4 Å². The average molecular weight is 447 g/mol. The maximum absolute atomic E-state index is 12.8. The van der Waals surface area contributed by atoms with Crippen molar-refractivity contribution in [1.82, 2.24) is 4.31 Å². The number of nitrogens with one attached hydrogen (secondary N) is 1. The van der Waals surface area contributed by atoms with Crippen molar-refractivity contribution in [1.29, 1.82) is 0 Å². The van der Waals surface area contributed by atoms with Crippen LogP contribution in [0.5, 0.6) is 0 Å². The molecular formula is C19H18ClF3N2O3S. The minimum atomic E-state index is -4.54. The molecule has 1 fully saturated rings. The summed E-state index contributed by atoms with van der Waals surface area (Å²) in [4.78, 5) is 12.5. The van der Waals surface area contributed by atoms with Crippen LogP contribution in [0.2, 0.25) is 5.02 Å². The van der Waals surface area contributed by atoms with Gasteiger partial charge >= 0.3 is 6.18 Å². The van der Waals surface area contributed by atoms with E-state index in [-0.39, 0.29) is 27.7 Å². The molecule has 2 aromatic carbocycles. The number of rotatable bonds is 6. The Balaban J connectivity index is 1.75. The highest BCUT2D eigenvalue weighted by Gasteiger charge is 2.31. The number of ketones is 1. The lowest BCUT2D eigenvalue weighted by atomic mass is 10.1. The van der Waals surface area contributed by atoms with Gasteiger partial charge in [0.25, 0.3) is 0 Å². The minimum absolute atomic E-state index is 0.0161. The topological polar surface area (TPSA) is 66.5 Å². The summed E-state index contributed by atoms with van der Waals surface area (Å²) >= 11 is 5.91. The van der Waals surface area contributed by atoms with Crippen LogP contribution in [0, 0.1) is 0 Å². The van der Waals surface area contributed by atoms with Crippen LogP contribution in [-0.4, -0.2) is 38.1 Å². The van der Waals surface area contributed by atoms with E-state index >= 15 is 0 Å². The van der Waals surface area contributed by atoms with Crippen LogP contribution in [0.1, 0.15) is 28.8 Å². The molecule has 0 unspecified atom stereocenters. The lowest BCUT2D eigenvalue weighted by Gasteiger charge is -2.16. The van der Waals surface area contributed by atoms with E-state index in [9.17, 15) is 26.4 Å². The van der Waals surface area contributed by atoms with Crippen molar-refractivity contribution in [3.8, 4) is 0 Å². The SMILES string of the molecule is O=C(CNc1cc(C(F)(F)F)ccc1Cl)c1cccc(S(=O)(=O)N2CCCC2)c1. The lowest BCUT2D eigenvalue weighted by Crippen LogP contribution is -2.28. The number of alkyl halides is 3. The molecule has 1 aliphatic heterocycles. The molecule has 0 aliphatic carbocycles. The van der Waals surface area contributed by atoms with E-state index in [1.165, 1.54) is 28.6 Å². The molecule has 0 spiro atoms. The molecular weight excluding hydrogens is 429 g/mol. The normalized spacial score (nSPS) is 15.4. The number of carbonyl (C=O) groups excluding carboxylic acids is 1. The fourth-order valence-corrected chi connectivity index (χ4v) is 4.77. The second-order valence-electron chi connectivity index (χ2n) is 6.61. The standard InChI is InChI=1S/C19H18ClF3N2O3S/c20-16-7-6-14(19(21,22)23)11-17(16)24-12-18(26)13-4-3-5-15(10-13)29(27,28)25-8-1-2-9-25/h3-7,10-11,24H,1-2,8-9,12H2. The average Bonchev–Trinajstić information content (AvgIpc) is 3.22. The first-order valence-electron chi connectivity index (χ1n) is 8.83. The number of hydrogen-bond acceptors (Lipinski definition) is 4. The fraction of sp³-hybridized carbons (Fsp3) is 0.316. The van der Waals surface area contributed by atoms with Gasteiger partial charge in [-0.15, -0.1) is 0 Å². The van der Waals surface area contributed by atoms with Gasteiger partial charge in [0.1, 0.15) is 0 Å². The molecule has 29 heavy (non-hydrogen) atoms. The van der Waals surface area contributed by atoms with Gasteiger partial charge in [0, 0.05) is 18.7 Å². The van der Waals surface area contributed by atoms with E-state index in [1.807, 2.05) is 0 Å². The maximum Gasteiger partial charge on any atom is 0.416 e. The molecule has 1 N–H and O–H groups in total. The van der Waals surface area contributed by atoms with Crippen LogP contribution in [0.4, 0.5) is 18.9 Å². The zero-order valence-electron chi connectivity index (χ0n) is 15.2. The first kappa shape index (κ1) is 21.6. The zero-order chi connectivity index (χ0) is 21.2. The highest BCUT2D eigenvalue weighted by atomic mass is 35.5. The molecule has 5 nitrogen and oxygen atoms in total. The Morgan fingerprint density at radius 2 is 1.79 bits per heavy atom. The highest BCUT2D eigenvalue weighted by molar-refractivity contribution is 7.89. The van der Waals surface area contributed by atoms with Gasteiger partial charge in [-0.2, -0.15) is 17.5 Å². The van der Waals surface area contributed by atoms with Crippen LogP contribution in [0.3, 0.4) is 0 Å². The number of hydrogen-bond donors (Lipinski definition) is 1. The predicted molar refractivity (Wildman–Crippen MR) is 104 cm³/mol. The summed E-state index contributed by atoms with van der Waals surface area (Å²) in [7, 11) is -3.68. The smallest absolute Gasteiger partial charge is 0.376 e. The number of sulfonamides is 1. The van der Waals surface area contributed by atoms with Crippen LogP contribution < -0.4 is 5.32 Å². The Kier molecular flexibility index (Phi) is 6.21. The third-order valence-corrected chi connectivity index (χ3v) is 6.82. The number of carbonyl (C=O) groups is 1. The van der Waals surface area contributed by atoms with Crippen molar-refractivity contribution in [2.45, 2.75) is 23.9 Å². The molecule has 2 aromatic rings. The van der Waals surface area contributed by atoms with Crippen molar-refractivity contribution in [2.75, 3.05) is 25.0 Å². The van der Waals surface area contributed by atoms with E-state index in [4.69, 9.17) is 11.6 Å². The molecule has 0 atom stereocenters. The molecule has 0 amide bonds. The first-order chi connectivity index (χ1) is 13.6. The van der Waals surface area contributed by atoms with Crippen molar-refractivity contribution in [3.05, 3.63) is 58.6 Å².